The van der Waals surface area contributed by atoms with Gasteiger partial charge in [-0.25, -0.2) is 8.42 Å². The lowest BCUT2D eigenvalue weighted by Crippen LogP contribution is -2.38. The summed E-state index contributed by atoms with van der Waals surface area (Å²) in [6, 6.07) is 13.5. The van der Waals surface area contributed by atoms with Crippen molar-refractivity contribution in [2.75, 3.05) is 17.6 Å². The fourth-order valence-corrected chi connectivity index (χ4v) is 6.48. The van der Waals surface area contributed by atoms with Crippen LogP contribution < -0.4 is 5.32 Å². The molecule has 5 nitrogen and oxygen atoms in total. The number of carbonyl (C=O) groups excluding carboxylic acids is 1. The number of rotatable bonds is 6. The maximum atomic E-state index is 13.4. The van der Waals surface area contributed by atoms with Crippen molar-refractivity contribution in [2.45, 2.75) is 57.4 Å². The van der Waals surface area contributed by atoms with Crippen LogP contribution in [0.3, 0.4) is 0 Å². The van der Waals surface area contributed by atoms with E-state index in [1.54, 1.807) is 4.31 Å². The van der Waals surface area contributed by atoms with Crippen LogP contribution in [0.4, 0.5) is 5.69 Å². The second-order valence-electron chi connectivity index (χ2n) is 8.63. The van der Waals surface area contributed by atoms with Crippen LogP contribution in [0.15, 0.2) is 42.5 Å². The number of hydrogen-bond donors (Lipinski definition) is 1. The largest absolute Gasteiger partial charge is 0.325 e. The molecule has 2 aromatic carbocycles. The van der Waals surface area contributed by atoms with Gasteiger partial charge < -0.3 is 5.32 Å². The Morgan fingerprint density at radius 3 is 2.48 bits per heavy atom. The average molecular weight is 461 g/mol. The Kier molecular flexibility index (Phi) is 6.42. The highest BCUT2D eigenvalue weighted by Gasteiger charge is 2.42. The van der Waals surface area contributed by atoms with Crippen molar-refractivity contribution < 1.29 is 13.2 Å². The van der Waals surface area contributed by atoms with Crippen molar-refractivity contribution in [1.29, 1.82) is 0 Å². The first-order chi connectivity index (χ1) is 14.8. The summed E-state index contributed by atoms with van der Waals surface area (Å²) in [5, 5.41) is 3.79. The highest BCUT2D eigenvalue weighted by molar-refractivity contribution is 7.89. The summed E-state index contributed by atoms with van der Waals surface area (Å²) in [5.41, 5.74) is 3.29. The van der Waals surface area contributed by atoms with Gasteiger partial charge in [0.25, 0.3) is 0 Å². The maximum Gasteiger partial charge on any atom is 0.235 e. The molecular formula is C24H29ClN2O3S. The van der Waals surface area contributed by atoms with Crippen LogP contribution in [0.2, 0.25) is 5.02 Å². The van der Waals surface area contributed by atoms with Gasteiger partial charge in [0.2, 0.25) is 15.9 Å². The Morgan fingerprint density at radius 1 is 1.10 bits per heavy atom. The SMILES string of the molecule is CCCS(=O)(=O)N1CCc2ccc(NC(=O)C3(c4ccc(Cl)cc4)CCCC3)cc2C1. The van der Waals surface area contributed by atoms with E-state index < -0.39 is 15.4 Å². The molecule has 1 N–H and O–H groups in total. The summed E-state index contributed by atoms with van der Waals surface area (Å²) in [6.45, 7) is 2.76. The number of halogens is 1. The van der Waals surface area contributed by atoms with Crippen LogP contribution in [0.1, 0.15) is 55.7 Å². The second kappa shape index (κ2) is 8.93. The molecule has 2 aliphatic rings. The minimum absolute atomic E-state index is 0.00135. The van der Waals surface area contributed by atoms with Crippen LogP contribution in [0.5, 0.6) is 0 Å². The molecule has 31 heavy (non-hydrogen) atoms. The van der Waals surface area contributed by atoms with Gasteiger partial charge in [0.1, 0.15) is 0 Å². The summed E-state index contributed by atoms with van der Waals surface area (Å²) in [6.07, 6.45) is 4.97. The summed E-state index contributed by atoms with van der Waals surface area (Å²) in [5.74, 6) is 0.168. The molecule has 1 saturated carbocycles. The van der Waals surface area contributed by atoms with Crippen molar-refractivity contribution in [1.82, 2.24) is 4.31 Å². The molecule has 1 amide bonds. The van der Waals surface area contributed by atoms with Gasteiger partial charge in [-0.05, 0) is 66.6 Å². The number of anilines is 1. The fourth-order valence-electron chi connectivity index (χ4n) is 4.88. The molecule has 0 bridgehead atoms. The summed E-state index contributed by atoms with van der Waals surface area (Å²) in [7, 11) is -3.24. The molecule has 4 rings (SSSR count). The molecule has 0 saturated heterocycles. The third kappa shape index (κ3) is 4.52. The van der Waals surface area contributed by atoms with E-state index in [2.05, 4.69) is 5.32 Å². The standard InChI is InChI=1S/C24H29ClN2O3S/c1-2-15-31(29,30)27-14-11-18-5-10-22(16-19(18)17-27)26-23(28)24(12-3-4-13-24)20-6-8-21(25)9-7-20/h5-10,16H,2-4,11-15,17H2,1H3,(H,26,28). The smallest absolute Gasteiger partial charge is 0.235 e. The molecule has 0 atom stereocenters. The normalized spacial score (nSPS) is 18.5. The first kappa shape index (κ1) is 22.3. The molecule has 1 fully saturated rings. The van der Waals surface area contributed by atoms with Crippen molar-refractivity contribution in [3.05, 3.63) is 64.2 Å². The van der Waals surface area contributed by atoms with Crippen molar-refractivity contribution in [3.63, 3.8) is 0 Å². The third-order valence-corrected chi connectivity index (χ3v) is 8.86. The Bertz CT molecular complexity index is 1060. The van der Waals surface area contributed by atoms with Gasteiger partial charge in [-0.15, -0.1) is 0 Å². The van der Waals surface area contributed by atoms with E-state index in [-0.39, 0.29) is 11.7 Å². The summed E-state index contributed by atoms with van der Waals surface area (Å²) >= 11 is 6.06. The Hall–Kier alpha value is -1.89. The predicted octanol–water partition coefficient (Wildman–Crippen LogP) is 4.89. The molecule has 2 aromatic rings. The van der Waals surface area contributed by atoms with E-state index in [1.807, 2.05) is 49.4 Å². The van der Waals surface area contributed by atoms with E-state index in [4.69, 9.17) is 11.6 Å². The van der Waals surface area contributed by atoms with Gasteiger partial charge in [-0.1, -0.05) is 49.6 Å². The molecule has 0 spiro atoms. The molecule has 0 unspecified atom stereocenters. The van der Waals surface area contributed by atoms with Crippen molar-refractivity contribution >= 4 is 33.2 Å². The zero-order valence-electron chi connectivity index (χ0n) is 17.9. The van der Waals surface area contributed by atoms with Crippen molar-refractivity contribution in [2.24, 2.45) is 0 Å². The van der Waals surface area contributed by atoms with E-state index in [0.29, 0.717) is 31.0 Å². The van der Waals surface area contributed by atoms with E-state index in [1.165, 1.54) is 0 Å². The average Bonchev–Trinajstić information content (AvgIpc) is 3.25. The first-order valence-corrected chi connectivity index (χ1v) is 13.0. The molecule has 0 radical (unpaired) electrons. The molecule has 0 aromatic heterocycles. The number of hydrogen-bond acceptors (Lipinski definition) is 3. The zero-order chi connectivity index (χ0) is 22.1. The number of benzene rings is 2. The Labute approximate surface area is 189 Å². The van der Waals surface area contributed by atoms with E-state index in [9.17, 15) is 13.2 Å². The van der Waals surface area contributed by atoms with E-state index in [0.717, 1.165) is 48.1 Å². The maximum absolute atomic E-state index is 13.4. The van der Waals surface area contributed by atoms with Crippen LogP contribution in [0.25, 0.3) is 0 Å². The number of nitrogens with zero attached hydrogens (tertiary/aromatic N) is 1. The van der Waals surface area contributed by atoms with Crippen LogP contribution in [0, 0.1) is 0 Å². The minimum Gasteiger partial charge on any atom is -0.325 e. The number of carbonyl (C=O) groups is 1. The Balaban J connectivity index is 1.56. The topological polar surface area (TPSA) is 66.5 Å². The number of fused-ring (bicyclic) bond motifs is 1. The minimum atomic E-state index is -3.24. The molecule has 1 aliphatic heterocycles. The summed E-state index contributed by atoms with van der Waals surface area (Å²) < 4.78 is 26.6. The van der Waals surface area contributed by atoms with Crippen molar-refractivity contribution in [3.8, 4) is 0 Å². The zero-order valence-corrected chi connectivity index (χ0v) is 19.4. The van der Waals surface area contributed by atoms with Gasteiger partial charge in [0, 0.05) is 23.8 Å². The first-order valence-electron chi connectivity index (χ1n) is 11.0. The predicted molar refractivity (Wildman–Crippen MR) is 125 cm³/mol. The van der Waals surface area contributed by atoms with Crippen LogP contribution in [-0.2, 0) is 33.2 Å². The lowest BCUT2D eigenvalue weighted by atomic mass is 9.78. The molecule has 1 heterocycles. The van der Waals surface area contributed by atoms with E-state index >= 15 is 0 Å². The van der Waals surface area contributed by atoms with Crippen LogP contribution in [-0.4, -0.2) is 30.9 Å². The number of sulfonamides is 1. The van der Waals surface area contributed by atoms with Gasteiger partial charge in [0.15, 0.2) is 0 Å². The third-order valence-electron chi connectivity index (χ3n) is 6.59. The van der Waals surface area contributed by atoms with Gasteiger partial charge >= 0.3 is 0 Å². The number of amides is 1. The molecule has 166 valence electrons. The molecular weight excluding hydrogens is 432 g/mol. The number of nitrogens with one attached hydrogen (secondary N) is 1. The Morgan fingerprint density at radius 2 is 1.81 bits per heavy atom. The second-order valence-corrected chi connectivity index (χ2v) is 11.2. The van der Waals surface area contributed by atoms with Gasteiger partial charge in [-0.2, -0.15) is 4.31 Å². The highest BCUT2D eigenvalue weighted by atomic mass is 35.5. The molecule has 1 aliphatic carbocycles. The quantitative estimate of drug-likeness (QED) is 0.667. The fraction of sp³-hybridized carbons (Fsp3) is 0.458. The molecule has 7 heteroatoms. The summed E-state index contributed by atoms with van der Waals surface area (Å²) in [4.78, 5) is 13.4. The monoisotopic (exact) mass is 460 g/mol. The van der Waals surface area contributed by atoms with Crippen LogP contribution >= 0.6 is 11.6 Å². The van der Waals surface area contributed by atoms with Gasteiger partial charge in [-0.3, -0.25) is 4.79 Å². The lowest BCUT2D eigenvalue weighted by Gasteiger charge is -2.30. The van der Waals surface area contributed by atoms with Gasteiger partial charge in [0.05, 0.1) is 11.2 Å². The highest BCUT2D eigenvalue weighted by Crippen LogP contribution is 2.42. The lowest BCUT2D eigenvalue weighted by molar-refractivity contribution is -0.121.